The summed E-state index contributed by atoms with van der Waals surface area (Å²) in [6.45, 7) is 1.89. The van der Waals surface area contributed by atoms with Gasteiger partial charge in [0.1, 0.15) is 4.83 Å². The summed E-state index contributed by atoms with van der Waals surface area (Å²) in [5, 5.41) is 4.21. The van der Waals surface area contributed by atoms with Crippen LogP contribution in [-0.4, -0.2) is 22.6 Å². The molecule has 3 heterocycles. The minimum atomic E-state index is 0.174. The van der Waals surface area contributed by atoms with Gasteiger partial charge in [-0.05, 0) is 37.8 Å². The number of hydrogen-bond acceptors (Lipinski definition) is 4. The van der Waals surface area contributed by atoms with Crippen LogP contribution in [0.15, 0.2) is 11.1 Å². The molecule has 1 unspecified atom stereocenters. The molecule has 0 radical (unpaired) electrons. The van der Waals surface area contributed by atoms with Gasteiger partial charge in [0.25, 0.3) is 5.56 Å². The molecule has 0 spiro atoms. The van der Waals surface area contributed by atoms with Crippen LogP contribution in [-0.2, 0) is 12.8 Å². The molecule has 4 nitrogen and oxygen atoms in total. The van der Waals surface area contributed by atoms with Crippen LogP contribution in [0.2, 0.25) is 0 Å². The summed E-state index contributed by atoms with van der Waals surface area (Å²) in [5.41, 5.74) is 1.46. The monoisotopic (exact) mass is 261 g/mol. The van der Waals surface area contributed by atoms with E-state index in [0.29, 0.717) is 0 Å². The van der Waals surface area contributed by atoms with Crippen LogP contribution in [0.4, 0.5) is 0 Å². The van der Waals surface area contributed by atoms with Crippen molar-refractivity contribution in [3.63, 3.8) is 0 Å². The molecule has 1 fully saturated rings. The van der Waals surface area contributed by atoms with Crippen molar-refractivity contribution in [2.75, 3.05) is 13.1 Å². The fraction of sp³-hybridized carbons (Fsp3) is 0.538. The Labute approximate surface area is 109 Å². The minimum Gasteiger partial charge on any atom is -0.315 e. The van der Waals surface area contributed by atoms with Crippen LogP contribution >= 0.6 is 11.3 Å². The topological polar surface area (TPSA) is 46.9 Å². The van der Waals surface area contributed by atoms with E-state index in [1.54, 1.807) is 17.7 Å². The fourth-order valence-corrected chi connectivity index (χ4v) is 4.35. The van der Waals surface area contributed by atoms with Crippen molar-refractivity contribution in [3.05, 3.63) is 27.1 Å². The smallest absolute Gasteiger partial charge is 0.262 e. The molecule has 0 amide bonds. The van der Waals surface area contributed by atoms with Crippen molar-refractivity contribution < 1.29 is 0 Å². The second-order valence-corrected chi connectivity index (χ2v) is 6.22. The van der Waals surface area contributed by atoms with E-state index < -0.39 is 0 Å². The molecular weight excluding hydrogens is 246 g/mol. The van der Waals surface area contributed by atoms with Crippen molar-refractivity contribution in [2.24, 2.45) is 0 Å². The molecule has 1 atom stereocenters. The summed E-state index contributed by atoms with van der Waals surface area (Å²) in [4.78, 5) is 19.5. The lowest BCUT2D eigenvalue weighted by Crippen LogP contribution is -2.26. The molecule has 2 aliphatic rings. The van der Waals surface area contributed by atoms with Gasteiger partial charge in [-0.2, -0.15) is 0 Å². The first-order valence-corrected chi connectivity index (χ1v) is 7.38. The predicted octanol–water partition coefficient (Wildman–Crippen LogP) is 1.48. The lowest BCUT2D eigenvalue weighted by atomic mass is 10.2. The van der Waals surface area contributed by atoms with Gasteiger partial charge in [0.15, 0.2) is 0 Å². The highest BCUT2D eigenvalue weighted by Crippen LogP contribution is 2.34. The van der Waals surface area contributed by atoms with E-state index in [1.807, 2.05) is 4.57 Å². The molecule has 0 aromatic carbocycles. The zero-order valence-corrected chi connectivity index (χ0v) is 10.9. The molecular formula is C13H15N3OS. The third kappa shape index (κ3) is 1.40. The number of aromatic nitrogens is 2. The van der Waals surface area contributed by atoms with Gasteiger partial charge in [-0.1, -0.05) is 0 Å². The molecule has 2 aromatic rings. The summed E-state index contributed by atoms with van der Waals surface area (Å²) >= 11 is 1.71. The van der Waals surface area contributed by atoms with E-state index in [1.165, 1.54) is 16.9 Å². The highest BCUT2D eigenvalue weighted by atomic mass is 32.1. The number of thiophene rings is 1. The number of rotatable bonds is 1. The van der Waals surface area contributed by atoms with Crippen molar-refractivity contribution in [1.82, 2.24) is 14.9 Å². The fourth-order valence-electron chi connectivity index (χ4n) is 3.13. The maximum atomic E-state index is 12.6. The Balaban J connectivity index is 1.96. The molecule has 1 aliphatic carbocycles. The highest BCUT2D eigenvalue weighted by Gasteiger charge is 2.24. The standard InChI is InChI=1S/C13H15N3OS/c17-13-11-9-2-1-3-10(9)18-12(11)15-7-16(13)8-4-5-14-6-8/h7-8,14H,1-6H2. The lowest BCUT2D eigenvalue weighted by molar-refractivity contribution is 0.525. The second-order valence-electron chi connectivity index (χ2n) is 5.14. The molecule has 4 rings (SSSR count). The first-order valence-electron chi connectivity index (χ1n) is 6.56. The molecule has 0 bridgehead atoms. The van der Waals surface area contributed by atoms with Gasteiger partial charge in [-0.15, -0.1) is 11.3 Å². The Morgan fingerprint density at radius 2 is 2.39 bits per heavy atom. The third-order valence-electron chi connectivity index (χ3n) is 4.08. The van der Waals surface area contributed by atoms with Crippen LogP contribution in [0.25, 0.3) is 10.2 Å². The minimum absolute atomic E-state index is 0.174. The van der Waals surface area contributed by atoms with E-state index in [-0.39, 0.29) is 11.6 Å². The van der Waals surface area contributed by atoms with Gasteiger partial charge in [-0.25, -0.2) is 4.98 Å². The summed E-state index contributed by atoms with van der Waals surface area (Å²) in [7, 11) is 0. The van der Waals surface area contributed by atoms with Gasteiger partial charge in [-0.3, -0.25) is 9.36 Å². The van der Waals surface area contributed by atoms with Crippen LogP contribution in [0.5, 0.6) is 0 Å². The lowest BCUT2D eigenvalue weighted by Gasteiger charge is -2.11. The van der Waals surface area contributed by atoms with Gasteiger partial charge in [0.05, 0.1) is 17.8 Å². The quantitative estimate of drug-likeness (QED) is 0.846. The molecule has 5 heteroatoms. The first kappa shape index (κ1) is 10.7. The highest BCUT2D eigenvalue weighted by molar-refractivity contribution is 7.18. The van der Waals surface area contributed by atoms with Crippen molar-refractivity contribution in [3.8, 4) is 0 Å². The van der Waals surface area contributed by atoms with Crippen LogP contribution in [0.1, 0.15) is 29.3 Å². The molecule has 1 aliphatic heterocycles. The van der Waals surface area contributed by atoms with E-state index in [9.17, 15) is 4.79 Å². The van der Waals surface area contributed by atoms with Gasteiger partial charge in [0, 0.05) is 11.4 Å². The zero-order valence-electron chi connectivity index (χ0n) is 10.1. The van der Waals surface area contributed by atoms with Crippen LogP contribution < -0.4 is 10.9 Å². The van der Waals surface area contributed by atoms with Crippen LogP contribution in [0.3, 0.4) is 0 Å². The normalized spacial score (nSPS) is 22.8. The van der Waals surface area contributed by atoms with Gasteiger partial charge < -0.3 is 5.32 Å². The summed E-state index contributed by atoms with van der Waals surface area (Å²) in [5.74, 6) is 0. The molecule has 2 aromatic heterocycles. The van der Waals surface area contributed by atoms with E-state index >= 15 is 0 Å². The summed E-state index contributed by atoms with van der Waals surface area (Å²) < 4.78 is 1.84. The van der Waals surface area contributed by atoms with E-state index in [0.717, 1.165) is 42.6 Å². The first-order chi connectivity index (χ1) is 8.84. The van der Waals surface area contributed by atoms with E-state index in [4.69, 9.17) is 0 Å². The Morgan fingerprint density at radius 1 is 1.44 bits per heavy atom. The summed E-state index contributed by atoms with van der Waals surface area (Å²) in [6.07, 6.45) is 6.14. The molecule has 0 saturated carbocycles. The number of aryl methyl sites for hydroxylation is 2. The van der Waals surface area contributed by atoms with Gasteiger partial charge in [0.2, 0.25) is 0 Å². The predicted molar refractivity (Wildman–Crippen MR) is 72.4 cm³/mol. The SMILES string of the molecule is O=c1c2c3c(sc2ncn1C1CCNC1)CCC3. The molecule has 94 valence electrons. The zero-order chi connectivity index (χ0) is 12.1. The Bertz CT molecular complexity index is 667. The Hall–Kier alpha value is -1.20. The van der Waals surface area contributed by atoms with Crippen molar-refractivity contribution >= 4 is 21.6 Å². The second kappa shape index (κ2) is 3.90. The Morgan fingerprint density at radius 3 is 3.22 bits per heavy atom. The number of hydrogen-bond donors (Lipinski definition) is 1. The molecule has 1 saturated heterocycles. The van der Waals surface area contributed by atoms with Crippen molar-refractivity contribution in [2.45, 2.75) is 31.7 Å². The average molecular weight is 261 g/mol. The third-order valence-corrected chi connectivity index (χ3v) is 5.28. The summed E-state index contributed by atoms with van der Waals surface area (Å²) in [6, 6.07) is 0.284. The van der Waals surface area contributed by atoms with Crippen LogP contribution in [0, 0.1) is 0 Å². The largest absolute Gasteiger partial charge is 0.315 e. The maximum absolute atomic E-state index is 12.6. The van der Waals surface area contributed by atoms with Crippen molar-refractivity contribution in [1.29, 1.82) is 0 Å². The Kier molecular flexibility index (Phi) is 2.32. The molecule has 1 N–H and O–H groups in total. The van der Waals surface area contributed by atoms with E-state index in [2.05, 4.69) is 10.3 Å². The number of nitrogens with one attached hydrogen (secondary N) is 1. The van der Waals surface area contributed by atoms with Gasteiger partial charge >= 0.3 is 0 Å². The maximum Gasteiger partial charge on any atom is 0.262 e. The average Bonchev–Trinajstić information content (AvgIpc) is 3.04. The molecule has 18 heavy (non-hydrogen) atoms. The number of nitrogens with zero attached hydrogens (tertiary/aromatic N) is 2. The number of fused-ring (bicyclic) bond motifs is 3.